The van der Waals surface area contributed by atoms with E-state index in [-0.39, 0.29) is 23.5 Å². The van der Waals surface area contributed by atoms with Crippen LogP contribution in [0.15, 0.2) is 36.7 Å². The van der Waals surface area contributed by atoms with Gasteiger partial charge in [-0.1, -0.05) is 0 Å². The molecule has 0 fully saturated rings. The summed E-state index contributed by atoms with van der Waals surface area (Å²) in [5, 5.41) is 12.9. The molecule has 1 aliphatic rings. The van der Waals surface area contributed by atoms with Crippen LogP contribution in [0.4, 0.5) is 11.5 Å². The number of anilines is 2. The molecule has 4 aromatic rings. The molecule has 174 valence electrons. The van der Waals surface area contributed by atoms with Gasteiger partial charge in [0.05, 0.1) is 27.8 Å². The SMILES string of the molecule is CN(C)C(=O)c1c(NC(=O)c2ccc(-c3cn[nH]c3)s2)[nH]c2cc3c(cc12)OC(C)(C)C(=O)N3. The van der Waals surface area contributed by atoms with Gasteiger partial charge in [0.1, 0.15) is 11.6 Å². The van der Waals surface area contributed by atoms with E-state index in [2.05, 4.69) is 25.8 Å². The van der Waals surface area contributed by atoms with Gasteiger partial charge in [-0.2, -0.15) is 5.10 Å². The van der Waals surface area contributed by atoms with Gasteiger partial charge in [0.15, 0.2) is 5.60 Å². The molecule has 4 heterocycles. The van der Waals surface area contributed by atoms with E-state index in [1.54, 1.807) is 58.5 Å². The number of nitrogens with zero attached hydrogens (tertiary/aromatic N) is 2. The number of aromatic nitrogens is 3. The first-order valence-electron chi connectivity index (χ1n) is 10.5. The van der Waals surface area contributed by atoms with Crippen molar-refractivity contribution in [3.8, 4) is 16.2 Å². The predicted octanol–water partition coefficient (Wildman–Crippen LogP) is 3.68. The highest BCUT2D eigenvalue weighted by atomic mass is 32.1. The van der Waals surface area contributed by atoms with E-state index in [1.165, 1.54) is 16.2 Å². The van der Waals surface area contributed by atoms with Gasteiger partial charge in [0.25, 0.3) is 17.7 Å². The molecule has 0 spiro atoms. The summed E-state index contributed by atoms with van der Waals surface area (Å²) in [6.45, 7) is 3.34. The quantitative estimate of drug-likeness (QED) is 0.355. The molecule has 3 aromatic heterocycles. The number of benzene rings is 1. The van der Waals surface area contributed by atoms with Crippen molar-refractivity contribution in [1.29, 1.82) is 0 Å². The molecule has 11 heteroatoms. The Labute approximate surface area is 198 Å². The molecule has 0 aliphatic carbocycles. The minimum Gasteiger partial charge on any atom is -0.476 e. The van der Waals surface area contributed by atoms with E-state index < -0.39 is 5.60 Å². The number of carbonyl (C=O) groups is 3. The predicted molar refractivity (Wildman–Crippen MR) is 130 cm³/mol. The maximum Gasteiger partial charge on any atom is 0.268 e. The van der Waals surface area contributed by atoms with Crippen LogP contribution in [0.1, 0.15) is 33.9 Å². The Kier molecular flexibility index (Phi) is 4.94. The molecular formula is C23H22N6O4S. The third kappa shape index (κ3) is 3.59. The van der Waals surface area contributed by atoms with Gasteiger partial charge in [-0.25, -0.2) is 0 Å². The standard InChI is InChI=1S/C23H22N6O4S/c1-23(2)22(32)27-14-8-13-12(7-15(14)33-23)18(21(31)29(3)4)19(26-13)28-20(30)17-6-5-16(34-17)11-9-24-25-10-11/h5-10,26H,1-4H3,(H,24,25)(H,27,32)(H,28,30). The van der Waals surface area contributed by atoms with Gasteiger partial charge in [0.2, 0.25) is 0 Å². The highest BCUT2D eigenvalue weighted by molar-refractivity contribution is 7.17. The van der Waals surface area contributed by atoms with Crippen LogP contribution in [0, 0.1) is 0 Å². The molecule has 0 saturated carbocycles. The molecule has 5 rings (SSSR count). The van der Waals surface area contributed by atoms with E-state index in [4.69, 9.17) is 4.74 Å². The number of H-pyrrole nitrogens is 2. The topological polar surface area (TPSA) is 132 Å². The first-order valence-corrected chi connectivity index (χ1v) is 11.3. The lowest BCUT2D eigenvalue weighted by Crippen LogP contribution is -2.45. The fraction of sp³-hybridized carbons (Fsp3) is 0.217. The fourth-order valence-corrected chi connectivity index (χ4v) is 4.60. The summed E-state index contributed by atoms with van der Waals surface area (Å²) in [5.74, 6) is -0.190. The first-order chi connectivity index (χ1) is 16.1. The minimum atomic E-state index is -1.05. The Morgan fingerprint density at radius 3 is 2.71 bits per heavy atom. The maximum absolute atomic E-state index is 13.1. The van der Waals surface area contributed by atoms with Crippen LogP contribution in [0.2, 0.25) is 0 Å². The van der Waals surface area contributed by atoms with Gasteiger partial charge in [-0.05, 0) is 38.1 Å². The molecule has 0 radical (unpaired) electrons. The van der Waals surface area contributed by atoms with Crippen molar-refractivity contribution in [3.05, 3.63) is 47.1 Å². The van der Waals surface area contributed by atoms with Crippen molar-refractivity contribution in [2.45, 2.75) is 19.4 Å². The molecule has 1 aliphatic heterocycles. The van der Waals surface area contributed by atoms with Crippen molar-refractivity contribution in [2.24, 2.45) is 0 Å². The van der Waals surface area contributed by atoms with Crippen molar-refractivity contribution in [3.63, 3.8) is 0 Å². The molecule has 1 aromatic carbocycles. The smallest absolute Gasteiger partial charge is 0.268 e. The molecule has 10 nitrogen and oxygen atoms in total. The summed E-state index contributed by atoms with van der Waals surface area (Å²) in [4.78, 5) is 44.4. The van der Waals surface area contributed by atoms with Gasteiger partial charge in [-0.15, -0.1) is 11.3 Å². The number of fused-ring (bicyclic) bond motifs is 2. The summed E-state index contributed by atoms with van der Waals surface area (Å²) in [5.41, 5.74) is 1.21. The van der Waals surface area contributed by atoms with E-state index in [9.17, 15) is 14.4 Å². The monoisotopic (exact) mass is 478 g/mol. The second kappa shape index (κ2) is 7.73. The minimum absolute atomic E-state index is 0.268. The third-order valence-electron chi connectivity index (χ3n) is 5.53. The zero-order valence-corrected chi connectivity index (χ0v) is 19.7. The maximum atomic E-state index is 13.1. The Morgan fingerprint density at radius 1 is 1.21 bits per heavy atom. The number of rotatable bonds is 4. The Balaban J connectivity index is 1.55. The molecule has 0 atom stereocenters. The van der Waals surface area contributed by atoms with Gasteiger partial charge < -0.3 is 25.3 Å². The van der Waals surface area contributed by atoms with Crippen LogP contribution < -0.4 is 15.4 Å². The lowest BCUT2D eigenvalue weighted by molar-refractivity contribution is -0.129. The van der Waals surface area contributed by atoms with E-state index in [0.29, 0.717) is 32.8 Å². The van der Waals surface area contributed by atoms with Gasteiger partial charge >= 0.3 is 0 Å². The third-order valence-corrected chi connectivity index (χ3v) is 6.66. The van der Waals surface area contributed by atoms with Crippen molar-refractivity contribution < 1.29 is 19.1 Å². The lowest BCUT2D eigenvalue weighted by Gasteiger charge is -2.31. The van der Waals surface area contributed by atoms with E-state index in [1.807, 2.05) is 6.07 Å². The van der Waals surface area contributed by atoms with Crippen LogP contribution in [-0.2, 0) is 4.79 Å². The lowest BCUT2D eigenvalue weighted by atomic mass is 10.0. The molecule has 0 saturated heterocycles. The fourth-order valence-electron chi connectivity index (χ4n) is 3.71. The molecule has 0 bridgehead atoms. The number of thiophene rings is 1. The largest absolute Gasteiger partial charge is 0.476 e. The Bertz CT molecular complexity index is 1450. The number of amides is 3. The molecule has 3 amide bonds. The van der Waals surface area contributed by atoms with Gasteiger partial charge in [-0.3, -0.25) is 19.5 Å². The summed E-state index contributed by atoms with van der Waals surface area (Å²) in [6, 6.07) is 6.97. The van der Waals surface area contributed by atoms with Crippen LogP contribution in [-0.4, -0.2) is 57.5 Å². The summed E-state index contributed by atoms with van der Waals surface area (Å²) >= 11 is 1.32. The normalized spacial score (nSPS) is 14.3. The second-order valence-corrected chi connectivity index (χ2v) is 9.72. The summed E-state index contributed by atoms with van der Waals surface area (Å²) < 4.78 is 5.89. The Morgan fingerprint density at radius 2 is 2.00 bits per heavy atom. The van der Waals surface area contributed by atoms with Crippen molar-refractivity contribution >= 4 is 51.5 Å². The average Bonchev–Trinajstić information content (AvgIpc) is 3.52. The van der Waals surface area contributed by atoms with Crippen LogP contribution in [0.3, 0.4) is 0 Å². The molecule has 4 N–H and O–H groups in total. The number of aromatic amines is 2. The zero-order valence-electron chi connectivity index (χ0n) is 18.9. The van der Waals surface area contributed by atoms with Crippen LogP contribution >= 0.6 is 11.3 Å². The first kappa shape index (κ1) is 21.7. The van der Waals surface area contributed by atoms with Crippen LogP contribution in [0.5, 0.6) is 5.75 Å². The Hall–Kier alpha value is -4.12. The van der Waals surface area contributed by atoms with E-state index in [0.717, 1.165) is 10.4 Å². The molecular weight excluding hydrogens is 456 g/mol. The second-order valence-electron chi connectivity index (χ2n) is 8.64. The van der Waals surface area contributed by atoms with Crippen LogP contribution in [0.25, 0.3) is 21.3 Å². The summed E-state index contributed by atoms with van der Waals surface area (Å²) in [7, 11) is 3.28. The summed E-state index contributed by atoms with van der Waals surface area (Å²) in [6.07, 6.45) is 3.44. The highest BCUT2D eigenvalue weighted by Crippen LogP contribution is 2.40. The van der Waals surface area contributed by atoms with Gasteiger partial charge in [0, 0.05) is 36.1 Å². The van der Waals surface area contributed by atoms with Crippen molar-refractivity contribution in [2.75, 3.05) is 24.7 Å². The van der Waals surface area contributed by atoms with Crippen molar-refractivity contribution in [1.82, 2.24) is 20.1 Å². The number of hydrogen-bond donors (Lipinski definition) is 4. The molecule has 0 unspecified atom stereocenters. The number of ether oxygens (including phenoxy) is 1. The molecule has 34 heavy (non-hydrogen) atoms. The number of nitrogens with one attached hydrogen (secondary N) is 4. The number of carbonyl (C=O) groups excluding carboxylic acids is 3. The average molecular weight is 479 g/mol. The number of hydrogen-bond acceptors (Lipinski definition) is 6. The highest BCUT2D eigenvalue weighted by Gasteiger charge is 2.36. The van der Waals surface area contributed by atoms with E-state index >= 15 is 0 Å². The zero-order chi connectivity index (χ0) is 24.2.